The minimum Gasteiger partial charge on any atom is -0.389 e. The fourth-order valence-electron chi connectivity index (χ4n) is 1.89. The molecule has 1 aromatic rings. The van der Waals surface area contributed by atoms with Crippen LogP contribution in [-0.2, 0) is 6.42 Å². The fraction of sp³-hybridized carbons (Fsp3) is 0.636. The van der Waals surface area contributed by atoms with Crippen molar-refractivity contribution < 1.29 is 10.2 Å². The highest BCUT2D eigenvalue weighted by Gasteiger charge is 2.30. The van der Waals surface area contributed by atoms with E-state index in [0.29, 0.717) is 13.1 Å². The van der Waals surface area contributed by atoms with Crippen LogP contribution in [0, 0.1) is 0 Å². The van der Waals surface area contributed by atoms with Gasteiger partial charge in [0.15, 0.2) is 0 Å². The van der Waals surface area contributed by atoms with E-state index in [1.165, 1.54) is 0 Å². The second-order valence-corrected chi connectivity index (χ2v) is 4.17. The molecule has 1 aliphatic heterocycles. The van der Waals surface area contributed by atoms with E-state index < -0.39 is 12.2 Å². The number of aliphatic hydroxyl groups excluding tert-OH is 2. The Bertz CT molecular complexity index is 367. The molecule has 2 atom stereocenters. The second kappa shape index (κ2) is 4.85. The van der Waals surface area contributed by atoms with E-state index in [2.05, 4.69) is 15.3 Å². The smallest absolute Gasteiger partial charge is 0.134 e. The van der Waals surface area contributed by atoms with Gasteiger partial charge in [0.05, 0.1) is 12.2 Å². The molecule has 1 fully saturated rings. The van der Waals surface area contributed by atoms with Gasteiger partial charge in [0.1, 0.15) is 17.5 Å². The Balaban J connectivity index is 2.26. The SMILES string of the molecule is CCc1nc(NC)cc(N2CC(O)C(O)C2)n1. The quantitative estimate of drug-likeness (QED) is 0.666. The van der Waals surface area contributed by atoms with Crippen LogP contribution in [0.2, 0.25) is 0 Å². The van der Waals surface area contributed by atoms with Crippen molar-refractivity contribution in [2.24, 2.45) is 0 Å². The van der Waals surface area contributed by atoms with Gasteiger partial charge in [-0.1, -0.05) is 6.92 Å². The van der Waals surface area contributed by atoms with Gasteiger partial charge in [0.25, 0.3) is 0 Å². The van der Waals surface area contributed by atoms with Crippen LogP contribution in [0.15, 0.2) is 6.07 Å². The zero-order chi connectivity index (χ0) is 12.4. The van der Waals surface area contributed by atoms with Crippen LogP contribution < -0.4 is 10.2 Å². The summed E-state index contributed by atoms with van der Waals surface area (Å²) in [6.45, 7) is 2.81. The molecule has 94 valence electrons. The Hall–Kier alpha value is -1.40. The molecule has 0 aliphatic carbocycles. The number of hydrogen-bond acceptors (Lipinski definition) is 6. The molecular formula is C11H18N4O2. The fourth-order valence-corrected chi connectivity index (χ4v) is 1.89. The predicted octanol–water partition coefficient (Wildman–Crippen LogP) is -0.378. The van der Waals surface area contributed by atoms with Crippen LogP contribution in [0.4, 0.5) is 11.6 Å². The summed E-state index contributed by atoms with van der Waals surface area (Å²) >= 11 is 0. The molecule has 0 amide bonds. The van der Waals surface area contributed by atoms with Crippen LogP contribution in [0.1, 0.15) is 12.7 Å². The summed E-state index contributed by atoms with van der Waals surface area (Å²) in [7, 11) is 1.80. The molecule has 0 spiro atoms. The average Bonchev–Trinajstić information content (AvgIpc) is 2.69. The van der Waals surface area contributed by atoms with Gasteiger partial charge in [-0.2, -0.15) is 0 Å². The summed E-state index contributed by atoms with van der Waals surface area (Å²) in [5.41, 5.74) is 0. The van der Waals surface area contributed by atoms with Gasteiger partial charge in [-0.3, -0.25) is 0 Å². The first-order valence-electron chi connectivity index (χ1n) is 5.80. The number of nitrogens with zero attached hydrogens (tertiary/aromatic N) is 3. The number of β-amino-alcohol motifs (C(OH)–C–C–N with tert-alkyl or cyclic N) is 2. The van der Waals surface area contributed by atoms with Gasteiger partial charge in [0, 0.05) is 32.6 Å². The number of nitrogens with one attached hydrogen (secondary N) is 1. The van der Waals surface area contributed by atoms with E-state index in [-0.39, 0.29) is 0 Å². The van der Waals surface area contributed by atoms with Crippen molar-refractivity contribution in [3.8, 4) is 0 Å². The molecule has 1 saturated heterocycles. The molecule has 2 unspecified atom stereocenters. The van der Waals surface area contributed by atoms with Crippen molar-refractivity contribution in [2.45, 2.75) is 25.6 Å². The van der Waals surface area contributed by atoms with Gasteiger partial charge < -0.3 is 20.4 Å². The maximum absolute atomic E-state index is 9.53. The summed E-state index contributed by atoms with van der Waals surface area (Å²) in [5, 5.41) is 22.0. The maximum Gasteiger partial charge on any atom is 0.134 e. The Morgan fingerprint density at radius 1 is 1.35 bits per heavy atom. The minimum atomic E-state index is -0.701. The molecular weight excluding hydrogens is 220 g/mol. The highest BCUT2D eigenvalue weighted by molar-refractivity contribution is 5.50. The first-order valence-corrected chi connectivity index (χ1v) is 5.80. The molecule has 1 aliphatic rings. The third-order valence-corrected chi connectivity index (χ3v) is 2.91. The predicted molar refractivity (Wildman–Crippen MR) is 65.2 cm³/mol. The van der Waals surface area contributed by atoms with Gasteiger partial charge in [-0.05, 0) is 0 Å². The number of rotatable bonds is 3. The van der Waals surface area contributed by atoms with E-state index in [4.69, 9.17) is 0 Å². The van der Waals surface area contributed by atoms with E-state index in [0.717, 1.165) is 23.9 Å². The van der Waals surface area contributed by atoms with Crippen molar-refractivity contribution >= 4 is 11.6 Å². The maximum atomic E-state index is 9.53. The number of aliphatic hydroxyl groups is 2. The summed E-state index contributed by atoms with van der Waals surface area (Å²) in [6, 6.07) is 1.82. The van der Waals surface area contributed by atoms with Crippen molar-refractivity contribution in [1.82, 2.24) is 9.97 Å². The van der Waals surface area contributed by atoms with Gasteiger partial charge in [-0.15, -0.1) is 0 Å². The van der Waals surface area contributed by atoms with Gasteiger partial charge in [0.2, 0.25) is 0 Å². The van der Waals surface area contributed by atoms with Crippen LogP contribution in [0.3, 0.4) is 0 Å². The molecule has 0 bridgehead atoms. The Labute approximate surface area is 100 Å². The first kappa shape index (κ1) is 12.1. The third kappa shape index (κ3) is 2.48. The molecule has 0 saturated carbocycles. The van der Waals surface area contributed by atoms with E-state index in [1.807, 2.05) is 17.9 Å². The molecule has 17 heavy (non-hydrogen) atoms. The molecule has 0 radical (unpaired) electrons. The molecule has 3 N–H and O–H groups in total. The highest BCUT2D eigenvalue weighted by Crippen LogP contribution is 2.21. The Morgan fingerprint density at radius 3 is 2.53 bits per heavy atom. The molecule has 0 aromatic carbocycles. The van der Waals surface area contributed by atoms with E-state index in [9.17, 15) is 10.2 Å². The average molecular weight is 238 g/mol. The first-order chi connectivity index (χ1) is 8.13. The Kier molecular flexibility index (Phi) is 3.44. The highest BCUT2D eigenvalue weighted by atomic mass is 16.3. The van der Waals surface area contributed by atoms with Gasteiger partial charge in [-0.25, -0.2) is 9.97 Å². The lowest BCUT2D eigenvalue weighted by Crippen LogP contribution is -2.23. The summed E-state index contributed by atoms with van der Waals surface area (Å²) in [5.74, 6) is 2.25. The van der Waals surface area contributed by atoms with Crippen LogP contribution in [-0.4, -0.2) is 52.5 Å². The number of aryl methyl sites for hydroxylation is 1. The van der Waals surface area contributed by atoms with Crippen LogP contribution >= 0.6 is 0 Å². The molecule has 6 nitrogen and oxygen atoms in total. The van der Waals surface area contributed by atoms with Gasteiger partial charge >= 0.3 is 0 Å². The lowest BCUT2D eigenvalue weighted by molar-refractivity contribution is 0.0572. The van der Waals surface area contributed by atoms with E-state index >= 15 is 0 Å². The van der Waals surface area contributed by atoms with Crippen molar-refractivity contribution in [3.05, 3.63) is 11.9 Å². The minimum absolute atomic E-state index is 0.407. The Morgan fingerprint density at radius 2 is 2.00 bits per heavy atom. The van der Waals surface area contributed by atoms with Crippen molar-refractivity contribution in [3.63, 3.8) is 0 Å². The lowest BCUT2D eigenvalue weighted by atomic mass is 10.3. The van der Waals surface area contributed by atoms with Crippen molar-refractivity contribution in [2.75, 3.05) is 30.4 Å². The van der Waals surface area contributed by atoms with E-state index in [1.54, 1.807) is 7.05 Å². The monoisotopic (exact) mass is 238 g/mol. The topological polar surface area (TPSA) is 81.5 Å². The summed E-state index contributed by atoms with van der Waals surface area (Å²) in [6.07, 6.45) is -0.650. The zero-order valence-electron chi connectivity index (χ0n) is 10.1. The standard InChI is InChI=1S/C11H18N4O2/c1-3-9-13-10(12-2)4-11(14-9)15-5-7(16)8(17)6-15/h4,7-8,16-17H,3,5-6H2,1-2H3,(H,12,13,14). The number of aromatic nitrogens is 2. The third-order valence-electron chi connectivity index (χ3n) is 2.91. The normalized spacial score (nSPS) is 24.1. The van der Waals surface area contributed by atoms with Crippen LogP contribution in [0.25, 0.3) is 0 Å². The molecule has 1 aromatic heterocycles. The lowest BCUT2D eigenvalue weighted by Gasteiger charge is -2.17. The summed E-state index contributed by atoms with van der Waals surface area (Å²) < 4.78 is 0. The van der Waals surface area contributed by atoms with Crippen molar-refractivity contribution in [1.29, 1.82) is 0 Å². The second-order valence-electron chi connectivity index (χ2n) is 4.17. The molecule has 6 heteroatoms. The largest absolute Gasteiger partial charge is 0.389 e. The van der Waals surface area contributed by atoms with Crippen LogP contribution in [0.5, 0.6) is 0 Å². The molecule has 2 rings (SSSR count). The number of hydrogen-bond donors (Lipinski definition) is 3. The zero-order valence-corrected chi connectivity index (χ0v) is 10.1. The molecule has 2 heterocycles. The summed E-state index contributed by atoms with van der Waals surface area (Å²) in [4.78, 5) is 10.6. The number of anilines is 2.